The molecule has 1 aliphatic heterocycles. The number of aromatic amines is 1. The lowest BCUT2D eigenvalue weighted by atomic mass is 9.96. The van der Waals surface area contributed by atoms with Crippen LogP contribution in [0.4, 0.5) is 0 Å². The molecule has 2 aliphatic carbocycles. The van der Waals surface area contributed by atoms with Crippen molar-refractivity contribution < 1.29 is 0 Å². The molecule has 0 aromatic carbocycles. The van der Waals surface area contributed by atoms with Crippen molar-refractivity contribution in [2.24, 2.45) is 5.92 Å². The first-order valence-corrected chi connectivity index (χ1v) is 11.3. The van der Waals surface area contributed by atoms with Crippen LogP contribution in [0.5, 0.6) is 0 Å². The molecule has 3 aromatic rings. The van der Waals surface area contributed by atoms with Crippen LogP contribution in [0.3, 0.4) is 0 Å². The summed E-state index contributed by atoms with van der Waals surface area (Å²) in [5, 5.41) is 3.10. The second kappa shape index (κ2) is 5.75. The minimum Gasteiger partial charge on any atom is -0.309 e. The summed E-state index contributed by atoms with van der Waals surface area (Å²) in [4.78, 5) is 27.2. The Bertz CT molecular complexity index is 1060. The van der Waals surface area contributed by atoms with Gasteiger partial charge in [0.15, 0.2) is 0 Å². The number of fused-ring (bicyclic) bond motifs is 4. The number of H-pyrrole nitrogens is 1. The fourth-order valence-electron chi connectivity index (χ4n) is 4.85. The molecule has 0 radical (unpaired) electrons. The Morgan fingerprint density at radius 2 is 2.15 bits per heavy atom. The molecule has 0 unspecified atom stereocenters. The highest BCUT2D eigenvalue weighted by atomic mass is 32.1. The van der Waals surface area contributed by atoms with Crippen molar-refractivity contribution in [3.63, 3.8) is 0 Å². The Kier molecular flexibility index (Phi) is 3.44. The van der Waals surface area contributed by atoms with Crippen molar-refractivity contribution in [3.8, 4) is 0 Å². The first-order valence-electron chi connectivity index (χ1n) is 9.61. The van der Waals surface area contributed by atoms with Crippen molar-refractivity contribution in [2.75, 3.05) is 6.54 Å². The Morgan fingerprint density at radius 1 is 1.23 bits per heavy atom. The van der Waals surface area contributed by atoms with Crippen LogP contribution in [0, 0.1) is 5.92 Å². The number of rotatable bonds is 3. The van der Waals surface area contributed by atoms with E-state index in [1.807, 2.05) is 11.3 Å². The predicted octanol–water partition coefficient (Wildman–Crippen LogP) is 4.04. The lowest BCUT2D eigenvalue weighted by Crippen LogP contribution is -2.36. The van der Waals surface area contributed by atoms with Crippen LogP contribution in [0.2, 0.25) is 0 Å². The van der Waals surface area contributed by atoms with Gasteiger partial charge in [-0.1, -0.05) is 0 Å². The number of aromatic nitrogens is 2. The van der Waals surface area contributed by atoms with Gasteiger partial charge >= 0.3 is 0 Å². The van der Waals surface area contributed by atoms with E-state index in [-0.39, 0.29) is 5.56 Å². The van der Waals surface area contributed by atoms with Crippen molar-refractivity contribution in [2.45, 2.75) is 51.1 Å². The van der Waals surface area contributed by atoms with Gasteiger partial charge in [0, 0.05) is 22.3 Å². The summed E-state index contributed by atoms with van der Waals surface area (Å²) < 4.78 is 0. The van der Waals surface area contributed by atoms with Crippen LogP contribution in [0.25, 0.3) is 10.2 Å². The molecule has 1 fully saturated rings. The molecule has 6 heteroatoms. The zero-order valence-electron chi connectivity index (χ0n) is 14.6. The summed E-state index contributed by atoms with van der Waals surface area (Å²) in [6.45, 7) is 1.82. The summed E-state index contributed by atoms with van der Waals surface area (Å²) in [5.74, 6) is 1.62. The Hall–Kier alpha value is -1.50. The molecule has 6 rings (SSSR count). The number of hydrogen-bond acceptors (Lipinski definition) is 5. The van der Waals surface area contributed by atoms with Crippen LogP contribution in [0.15, 0.2) is 16.2 Å². The van der Waals surface area contributed by atoms with Crippen molar-refractivity contribution in [1.29, 1.82) is 0 Å². The highest BCUT2D eigenvalue weighted by Crippen LogP contribution is 2.48. The second-order valence-corrected chi connectivity index (χ2v) is 9.94. The molecule has 0 saturated heterocycles. The Labute approximate surface area is 159 Å². The number of nitrogens with zero attached hydrogens (tertiary/aromatic N) is 2. The van der Waals surface area contributed by atoms with Gasteiger partial charge in [0.05, 0.1) is 11.9 Å². The molecule has 3 aromatic heterocycles. The van der Waals surface area contributed by atoms with E-state index in [0.29, 0.717) is 6.04 Å². The van der Waals surface area contributed by atoms with E-state index in [1.165, 1.54) is 35.3 Å². The molecule has 26 heavy (non-hydrogen) atoms. The normalized spacial score (nSPS) is 22.7. The van der Waals surface area contributed by atoms with E-state index in [1.54, 1.807) is 16.2 Å². The molecule has 0 bridgehead atoms. The molecule has 0 amide bonds. The largest absolute Gasteiger partial charge is 0.309 e. The predicted molar refractivity (Wildman–Crippen MR) is 106 cm³/mol. The monoisotopic (exact) mass is 383 g/mol. The van der Waals surface area contributed by atoms with Gasteiger partial charge in [0.1, 0.15) is 10.7 Å². The van der Waals surface area contributed by atoms with Gasteiger partial charge in [-0.25, -0.2) is 4.98 Å². The maximum absolute atomic E-state index is 12.7. The fourth-order valence-corrected chi connectivity index (χ4v) is 7.05. The van der Waals surface area contributed by atoms with Gasteiger partial charge in [-0.2, -0.15) is 0 Å². The molecule has 0 spiro atoms. The maximum Gasteiger partial charge on any atom is 0.259 e. The summed E-state index contributed by atoms with van der Waals surface area (Å²) >= 11 is 3.64. The standard InChI is InChI=1S/C20H21N3OS2/c24-19-17-12-2-1-3-15(12)26-20(17)22-16(21-19)10-23-8-6-14-13(7-9-25-14)18(23)11-4-5-11/h7,9,11,18H,1-6,8,10H2,(H,21,22,24)/t18-/m1/s1. The topological polar surface area (TPSA) is 49.0 Å². The van der Waals surface area contributed by atoms with Crippen LogP contribution in [-0.2, 0) is 25.8 Å². The van der Waals surface area contributed by atoms with E-state index in [2.05, 4.69) is 21.3 Å². The van der Waals surface area contributed by atoms with Crippen LogP contribution in [-0.4, -0.2) is 21.4 Å². The molecule has 4 nitrogen and oxygen atoms in total. The van der Waals surface area contributed by atoms with Gasteiger partial charge in [-0.05, 0) is 67.0 Å². The fraction of sp³-hybridized carbons (Fsp3) is 0.500. The Balaban J connectivity index is 1.37. The molecule has 1 atom stereocenters. The maximum atomic E-state index is 12.7. The van der Waals surface area contributed by atoms with Crippen molar-refractivity contribution in [3.05, 3.63) is 48.5 Å². The van der Waals surface area contributed by atoms with Crippen LogP contribution < -0.4 is 5.56 Å². The third kappa shape index (κ3) is 2.35. The minimum absolute atomic E-state index is 0.0700. The van der Waals surface area contributed by atoms with Crippen LogP contribution >= 0.6 is 22.7 Å². The average molecular weight is 384 g/mol. The summed E-state index contributed by atoms with van der Waals surface area (Å²) in [6.07, 6.45) is 7.11. The van der Waals surface area contributed by atoms with Gasteiger partial charge in [-0.3, -0.25) is 9.69 Å². The smallest absolute Gasteiger partial charge is 0.259 e. The van der Waals surface area contributed by atoms with E-state index in [4.69, 9.17) is 4.98 Å². The van der Waals surface area contributed by atoms with Gasteiger partial charge in [0.2, 0.25) is 0 Å². The molecule has 3 aliphatic rings. The van der Waals surface area contributed by atoms with E-state index >= 15 is 0 Å². The van der Waals surface area contributed by atoms with E-state index in [0.717, 1.165) is 54.3 Å². The van der Waals surface area contributed by atoms with E-state index in [9.17, 15) is 4.79 Å². The minimum atomic E-state index is 0.0700. The van der Waals surface area contributed by atoms with Crippen molar-refractivity contribution >= 4 is 32.9 Å². The summed E-state index contributed by atoms with van der Waals surface area (Å²) in [7, 11) is 0. The zero-order valence-corrected chi connectivity index (χ0v) is 16.2. The van der Waals surface area contributed by atoms with Crippen molar-refractivity contribution in [1.82, 2.24) is 14.9 Å². The van der Waals surface area contributed by atoms with Gasteiger partial charge in [-0.15, -0.1) is 22.7 Å². The first kappa shape index (κ1) is 15.5. The number of thiophene rings is 2. The summed E-state index contributed by atoms with van der Waals surface area (Å²) in [5.41, 5.74) is 2.87. The Morgan fingerprint density at radius 3 is 3.04 bits per heavy atom. The number of aryl methyl sites for hydroxylation is 2. The lowest BCUT2D eigenvalue weighted by Gasteiger charge is -2.35. The zero-order chi connectivity index (χ0) is 17.3. The molecular formula is C20H21N3OS2. The molecule has 1 N–H and O–H groups in total. The number of hydrogen-bond donors (Lipinski definition) is 1. The molecule has 4 heterocycles. The third-order valence-corrected chi connectivity index (χ3v) is 8.35. The first-order chi connectivity index (χ1) is 12.8. The second-order valence-electron chi connectivity index (χ2n) is 7.85. The molecular weight excluding hydrogens is 362 g/mol. The average Bonchev–Trinajstić information content (AvgIpc) is 3.02. The number of nitrogens with one attached hydrogen (secondary N) is 1. The lowest BCUT2D eigenvalue weighted by molar-refractivity contribution is 0.154. The third-order valence-electron chi connectivity index (χ3n) is 6.16. The van der Waals surface area contributed by atoms with E-state index < -0.39 is 0 Å². The highest BCUT2D eigenvalue weighted by Gasteiger charge is 2.40. The highest BCUT2D eigenvalue weighted by molar-refractivity contribution is 7.18. The quantitative estimate of drug-likeness (QED) is 0.742. The molecule has 1 saturated carbocycles. The van der Waals surface area contributed by atoms with Gasteiger partial charge < -0.3 is 4.98 Å². The SMILES string of the molecule is O=c1[nH]c(CN2CCc3sccc3[C@H]2C2CC2)nc2sc3c(c12)CCC3. The van der Waals surface area contributed by atoms with Crippen LogP contribution in [0.1, 0.15) is 52.0 Å². The van der Waals surface area contributed by atoms with Gasteiger partial charge in [0.25, 0.3) is 5.56 Å². The summed E-state index contributed by atoms with van der Waals surface area (Å²) in [6, 6.07) is 2.83. The molecule has 134 valence electrons.